The highest BCUT2D eigenvalue weighted by Crippen LogP contribution is 2.46. The molecule has 3 heteroatoms. The topological polar surface area (TPSA) is 18.5 Å². The van der Waals surface area contributed by atoms with E-state index in [0.717, 1.165) is 12.8 Å². The van der Waals surface area contributed by atoms with Crippen molar-refractivity contribution in [3.63, 3.8) is 0 Å². The lowest BCUT2D eigenvalue weighted by Crippen LogP contribution is -2.54. The van der Waals surface area contributed by atoms with Gasteiger partial charge in [0, 0.05) is 17.7 Å². The Labute approximate surface area is 134 Å². The first kappa shape index (κ1) is 19.2. The Kier molecular flexibility index (Phi) is 8.51. The Morgan fingerprint density at radius 1 is 0.810 bits per heavy atom. The van der Waals surface area contributed by atoms with Crippen LogP contribution in [0.5, 0.6) is 0 Å². The van der Waals surface area contributed by atoms with Crippen molar-refractivity contribution < 1.29 is 8.85 Å². The van der Waals surface area contributed by atoms with Crippen LogP contribution in [0.1, 0.15) is 92.9 Å². The fraction of sp³-hybridized carbons (Fsp3) is 1.00. The molecule has 0 amide bonds. The Morgan fingerprint density at radius 3 is 1.67 bits per heavy atom. The molecule has 0 aromatic rings. The van der Waals surface area contributed by atoms with E-state index in [1.807, 2.05) is 0 Å². The maximum absolute atomic E-state index is 6.77. The molecule has 126 valence electrons. The van der Waals surface area contributed by atoms with Crippen LogP contribution in [0, 0.1) is 0 Å². The molecular weight excluding hydrogens is 276 g/mol. The molecule has 0 spiro atoms. The maximum Gasteiger partial charge on any atom is 0.344 e. The fourth-order valence-electron chi connectivity index (χ4n) is 3.44. The van der Waals surface area contributed by atoms with Crippen LogP contribution in [-0.2, 0) is 8.85 Å². The smallest absolute Gasteiger partial charge is 0.344 e. The maximum atomic E-state index is 6.77. The third-order valence-electron chi connectivity index (χ3n) is 5.39. The molecule has 0 aliphatic heterocycles. The van der Waals surface area contributed by atoms with Gasteiger partial charge in [0.2, 0.25) is 0 Å². The molecule has 0 bridgehead atoms. The second kappa shape index (κ2) is 9.31. The number of rotatable bonds is 9. The van der Waals surface area contributed by atoms with Crippen molar-refractivity contribution in [1.29, 1.82) is 0 Å². The third-order valence-corrected chi connectivity index (χ3v) is 10.4. The lowest BCUT2D eigenvalue weighted by molar-refractivity contribution is 0.0686. The molecule has 0 aromatic heterocycles. The molecule has 21 heavy (non-hydrogen) atoms. The van der Waals surface area contributed by atoms with Crippen molar-refractivity contribution in [2.45, 2.75) is 116 Å². The van der Waals surface area contributed by atoms with Gasteiger partial charge in [-0.2, -0.15) is 0 Å². The van der Waals surface area contributed by atoms with Crippen molar-refractivity contribution in [3.8, 4) is 0 Å². The lowest BCUT2D eigenvalue weighted by Gasteiger charge is -2.45. The summed E-state index contributed by atoms with van der Waals surface area (Å²) in [4.78, 5) is 0. The lowest BCUT2D eigenvalue weighted by atomic mass is 10.0. The zero-order valence-electron chi connectivity index (χ0n) is 15.3. The number of hydrogen-bond acceptors (Lipinski definition) is 2. The minimum Gasteiger partial charge on any atom is -0.391 e. The van der Waals surface area contributed by atoms with E-state index in [2.05, 4.69) is 41.5 Å². The van der Waals surface area contributed by atoms with Crippen LogP contribution in [0.15, 0.2) is 0 Å². The van der Waals surface area contributed by atoms with Gasteiger partial charge >= 0.3 is 8.56 Å². The van der Waals surface area contributed by atoms with Crippen LogP contribution in [0.4, 0.5) is 0 Å². The van der Waals surface area contributed by atoms with Crippen LogP contribution in [0.3, 0.4) is 0 Å². The molecule has 0 saturated heterocycles. The Hall–Kier alpha value is 0.137. The summed E-state index contributed by atoms with van der Waals surface area (Å²) in [5.74, 6) is 0. The normalized spacial score (nSPS) is 24.3. The average Bonchev–Trinajstić information content (AvgIpc) is 2.53. The molecule has 1 fully saturated rings. The zero-order chi connectivity index (χ0) is 15.9. The SMILES string of the molecule is CCC(C)O[Si](OC(C)CC)(C(C)CC)C1CCCCC1. The van der Waals surface area contributed by atoms with Gasteiger partial charge in [0.15, 0.2) is 0 Å². The summed E-state index contributed by atoms with van der Waals surface area (Å²) in [6.45, 7) is 13.6. The Bertz CT molecular complexity index is 264. The van der Waals surface area contributed by atoms with Gasteiger partial charge in [0.25, 0.3) is 0 Å². The first-order valence-electron chi connectivity index (χ1n) is 9.35. The van der Waals surface area contributed by atoms with E-state index in [1.54, 1.807) is 0 Å². The first-order valence-corrected chi connectivity index (χ1v) is 11.3. The van der Waals surface area contributed by atoms with Gasteiger partial charge in [0.1, 0.15) is 0 Å². The third kappa shape index (κ3) is 5.07. The van der Waals surface area contributed by atoms with E-state index < -0.39 is 8.56 Å². The van der Waals surface area contributed by atoms with E-state index in [4.69, 9.17) is 8.85 Å². The van der Waals surface area contributed by atoms with Gasteiger partial charge in [0.05, 0.1) is 0 Å². The van der Waals surface area contributed by atoms with Crippen LogP contribution >= 0.6 is 0 Å². The summed E-state index contributed by atoms with van der Waals surface area (Å²) in [5, 5.41) is 0. The summed E-state index contributed by atoms with van der Waals surface area (Å²) >= 11 is 0. The van der Waals surface area contributed by atoms with Gasteiger partial charge < -0.3 is 8.85 Å². The van der Waals surface area contributed by atoms with Crippen molar-refractivity contribution in [1.82, 2.24) is 0 Å². The molecule has 0 N–H and O–H groups in total. The standard InChI is InChI=1S/C18H38O2Si/c1-7-15(4)19-21(17(6)9-3,20-16(5)8-2)18-13-11-10-12-14-18/h15-18H,7-14H2,1-6H3. The molecular formula is C18H38O2Si. The summed E-state index contributed by atoms with van der Waals surface area (Å²) in [5.41, 5.74) is 1.28. The predicted molar refractivity (Wildman–Crippen MR) is 94.0 cm³/mol. The number of hydrogen-bond donors (Lipinski definition) is 0. The van der Waals surface area contributed by atoms with Crippen LogP contribution in [-0.4, -0.2) is 20.8 Å². The van der Waals surface area contributed by atoms with Crippen molar-refractivity contribution >= 4 is 8.56 Å². The average molecular weight is 315 g/mol. The molecule has 0 aromatic carbocycles. The summed E-state index contributed by atoms with van der Waals surface area (Å²) in [6, 6.07) is 0. The first-order chi connectivity index (χ1) is 10.00. The summed E-state index contributed by atoms with van der Waals surface area (Å²) in [6.07, 6.45) is 10.8. The van der Waals surface area contributed by atoms with Crippen molar-refractivity contribution in [2.24, 2.45) is 0 Å². The monoisotopic (exact) mass is 314 g/mol. The van der Waals surface area contributed by atoms with E-state index in [9.17, 15) is 0 Å². The molecule has 3 atom stereocenters. The van der Waals surface area contributed by atoms with E-state index in [-0.39, 0.29) is 0 Å². The van der Waals surface area contributed by atoms with Gasteiger partial charge in [-0.25, -0.2) is 0 Å². The Balaban J connectivity index is 3.04. The molecule has 1 aliphatic rings. The second-order valence-electron chi connectivity index (χ2n) is 7.04. The molecule has 0 heterocycles. The van der Waals surface area contributed by atoms with E-state index in [0.29, 0.717) is 23.3 Å². The van der Waals surface area contributed by atoms with Gasteiger partial charge in [-0.05, 0) is 45.1 Å². The van der Waals surface area contributed by atoms with E-state index >= 15 is 0 Å². The highest BCUT2D eigenvalue weighted by atomic mass is 28.4. The fourth-order valence-corrected chi connectivity index (χ4v) is 8.52. The summed E-state index contributed by atoms with van der Waals surface area (Å²) in [7, 11) is -2.17. The van der Waals surface area contributed by atoms with E-state index in [1.165, 1.54) is 38.5 Å². The molecule has 0 radical (unpaired) electrons. The largest absolute Gasteiger partial charge is 0.391 e. The molecule has 3 unspecified atom stereocenters. The van der Waals surface area contributed by atoms with Crippen LogP contribution in [0.2, 0.25) is 11.1 Å². The highest BCUT2D eigenvalue weighted by Gasteiger charge is 2.51. The summed E-state index contributed by atoms with van der Waals surface area (Å²) < 4.78 is 13.5. The molecule has 2 nitrogen and oxygen atoms in total. The minimum atomic E-state index is -2.17. The van der Waals surface area contributed by atoms with Gasteiger partial charge in [-0.3, -0.25) is 0 Å². The van der Waals surface area contributed by atoms with Crippen LogP contribution < -0.4 is 0 Å². The Morgan fingerprint density at radius 2 is 1.29 bits per heavy atom. The van der Waals surface area contributed by atoms with Crippen LogP contribution in [0.25, 0.3) is 0 Å². The van der Waals surface area contributed by atoms with Crippen molar-refractivity contribution in [2.75, 3.05) is 0 Å². The minimum absolute atomic E-state index is 0.330. The molecule has 1 rings (SSSR count). The molecule has 1 saturated carbocycles. The second-order valence-corrected chi connectivity index (χ2v) is 10.8. The quantitative estimate of drug-likeness (QED) is 0.472. The van der Waals surface area contributed by atoms with Gasteiger partial charge in [-0.15, -0.1) is 0 Å². The van der Waals surface area contributed by atoms with Crippen molar-refractivity contribution in [3.05, 3.63) is 0 Å². The highest BCUT2D eigenvalue weighted by molar-refractivity contribution is 6.70. The predicted octanol–water partition coefficient (Wildman–Crippen LogP) is 6.19. The zero-order valence-corrected chi connectivity index (χ0v) is 16.3. The van der Waals surface area contributed by atoms with Gasteiger partial charge in [-0.1, -0.05) is 53.4 Å². The molecule has 1 aliphatic carbocycles.